The number of carbonyl (C=O) groups is 1. The SMILES string of the molecule is COc1ccc(NC(=O)CCCCO)cc1Cl. The zero-order chi connectivity index (χ0) is 12.7. The Morgan fingerprint density at radius 1 is 1.47 bits per heavy atom. The van der Waals surface area contributed by atoms with Gasteiger partial charge in [-0.15, -0.1) is 0 Å². The van der Waals surface area contributed by atoms with Crippen molar-refractivity contribution in [3.05, 3.63) is 23.2 Å². The summed E-state index contributed by atoms with van der Waals surface area (Å²) in [6, 6.07) is 5.07. The number of unbranched alkanes of at least 4 members (excludes halogenated alkanes) is 1. The number of amides is 1. The molecule has 0 bridgehead atoms. The van der Waals surface area contributed by atoms with Crippen molar-refractivity contribution in [2.75, 3.05) is 19.0 Å². The zero-order valence-electron chi connectivity index (χ0n) is 9.70. The highest BCUT2D eigenvalue weighted by Crippen LogP contribution is 2.27. The molecule has 2 N–H and O–H groups in total. The van der Waals surface area contributed by atoms with E-state index in [9.17, 15) is 4.79 Å². The Kier molecular flexibility index (Phi) is 5.80. The molecule has 1 aromatic carbocycles. The van der Waals surface area contributed by atoms with Gasteiger partial charge in [-0.25, -0.2) is 0 Å². The topological polar surface area (TPSA) is 58.6 Å². The summed E-state index contributed by atoms with van der Waals surface area (Å²) in [5, 5.41) is 11.8. The Balaban J connectivity index is 2.51. The number of hydrogen-bond acceptors (Lipinski definition) is 3. The molecule has 0 aliphatic carbocycles. The van der Waals surface area contributed by atoms with Crippen molar-refractivity contribution in [2.45, 2.75) is 19.3 Å². The maximum absolute atomic E-state index is 11.5. The third kappa shape index (κ3) is 4.63. The van der Waals surface area contributed by atoms with Gasteiger partial charge in [0.1, 0.15) is 5.75 Å². The average molecular weight is 258 g/mol. The van der Waals surface area contributed by atoms with Crippen LogP contribution in [0.15, 0.2) is 18.2 Å². The number of benzene rings is 1. The molecule has 5 heteroatoms. The number of rotatable bonds is 6. The summed E-state index contributed by atoms with van der Waals surface area (Å²) in [4.78, 5) is 11.5. The average Bonchev–Trinajstić information content (AvgIpc) is 2.29. The van der Waals surface area contributed by atoms with E-state index in [-0.39, 0.29) is 12.5 Å². The fraction of sp³-hybridized carbons (Fsp3) is 0.417. The van der Waals surface area contributed by atoms with Gasteiger partial charge in [0.05, 0.1) is 12.1 Å². The van der Waals surface area contributed by atoms with Gasteiger partial charge in [-0.05, 0) is 31.0 Å². The minimum atomic E-state index is -0.0836. The normalized spacial score (nSPS) is 10.1. The number of anilines is 1. The van der Waals surface area contributed by atoms with Crippen LogP contribution >= 0.6 is 11.6 Å². The van der Waals surface area contributed by atoms with Crippen molar-refractivity contribution in [1.29, 1.82) is 0 Å². The van der Waals surface area contributed by atoms with Crippen LogP contribution in [0, 0.1) is 0 Å². The Morgan fingerprint density at radius 3 is 2.82 bits per heavy atom. The summed E-state index contributed by atoms with van der Waals surface area (Å²) >= 11 is 5.93. The number of carbonyl (C=O) groups excluding carboxylic acids is 1. The number of aliphatic hydroxyl groups excluding tert-OH is 1. The summed E-state index contributed by atoms with van der Waals surface area (Å²) in [5.74, 6) is 0.490. The summed E-state index contributed by atoms with van der Waals surface area (Å²) in [5.41, 5.74) is 0.643. The maximum atomic E-state index is 11.5. The Morgan fingerprint density at radius 2 is 2.24 bits per heavy atom. The van der Waals surface area contributed by atoms with Gasteiger partial charge in [0.25, 0.3) is 0 Å². The van der Waals surface area contributed by atoms with Crippen LogP contribution in [-0.2, 0) is 4.79 Å². The Bertz CT molecular complexity index is 382. The summed E-state index contributed by atoms with van der Waals surface area (Å²) in [6.07, 6.45) is 1.70. The first-order valence-electron chi connectivity index (χ1n) is 5.41. The number of ether oxygens (including phenoxy) is 1. The lowest BCUT2D eigenvalue weighted by Gasteiger charge is -2.07. The van der Waals surface area contributed by atoms with Crippen LogP contribution in [0.5, 0.6) is 5.75 Å². The molecular formula is C12H16ClNO3. The van der Waals surface area contributed by atoms with Crippen molar-refractivity contribution < 1.29 is 14.6 Å². The minimum Gasteiger partial charge on any atom is -0.495 e. The fourth-order valence-corrected chi connectivity index (χ4v) is 1.62. The van der Waals surface area contributed by atoms with Gasteiger partial charge in [0, 0.05) is 18.7 Å². The van der Waals surface area contributed by atoms with Crippen molar-refractivity contribution in [3.8, 4) is 5.75 Å². The third-order valence-corrected chi connectivity index (χ3v) is 2.54. The van der Waals surface area contributed by atoms with Gasteiger partial charge in [0.15, 0.2) is 0 Å². The van der Waals surface area contributed by atoms with E-state index in [1.807, 2.05) is 0 Å². The van der Waals surface area contributed by atoms with Crippen LogP contribution in [0.25, 0.3) is 0 Å². The first-order chi connectivity index (χ1) is 8.17. The molecule has 94 valence electrons. The van der Waals surface area contributed by atoms with Gasteiger partial charge in [-0.2, -0.15) is 0 Å². The highest BCUT2D eigenvalue weighted by Gasteiger charge is 2.05. The van der Waals surface area contributed by atoms with Crippen molar-refractivity contribution >= 4 is 23.2 Å². The minimum absolute atomic E-state index is 0.0836. The summed E-state index contributed by atoms with van der Waals surface area (Å²) < 4.78 is 5.01. The molecule has 0 unspecified atom stereocenters. The van der Waals surface area contributed by atoms with Crippen LogP contribution in [0.4, 0.5) is 5.69 Å². The van der Waals surface area contributed by atoms with E-state index >= 15 is 0 Å². The van der Waals surface area contributed by atoms with E-state index in [2.05, 4.69) is 5.32 Å². The lowest BCUT2D eigenvalue weighted by molar-refractivity contribution is -0.116. The molecule has 0 saturated heterocycles. The summed E-state index contributed by atoms with van der Waals surface area (Å²) in [6.45, 7) is 0.113. The Labute approximate surface area is 106 Å². The molecule has 0 aliphatic heterocycles. The lowest BCUT2D eigenvalue weighted by Crippen LogP contribution is -2.11. The number of hydrogen-bond donors (Lipinski definition) is 2. The second-order valence-corrected chi connectivity index (χ2v) is 3.99. The van der Waals surface area contributed by atoms with E-state index in [0.29, 0.717) is 35.7 Å². The zero-order valence-corrected chi connectivity index (χ0v) is 10.5. The highest BCUT2D eigenvalue weighted by atomic mass is 35.5. The monoisotopic (exact) mass is 257 g/mol. The number of methoxy groups -OCH3 is 1. The number of halogens is 1. The van der Waals surface area contributed by atoms with E-state index < -0.39 is 0 Å². The smallest absolute Gasteiger partial charge is 0.224 e. The van der Waals surface area contributed by atoms with Crippen LogP contribution in [0.3, 0.4) is 0 Å². The predicted octanol–water partition coefficient (Wildman–Crippen LogP) is 2.45. The molecule has 1 rings (SSSR count). The molecular weight excluding hydrogens is 242 g/mol. The number of nitrogens with one attached hydrogen (secondary N) is 1. The predicted molar refractivity (Wildman–Crippen MR) is 67.6 cm³/mol. The van der Waals surface area contributed by atoms with Gasteiger partial charge in [0.2, 0.25) is 5.91 Å². The van der Waals surface area contributed by atoms with Crippen LogP contribution in [0.2, 0.25) is 5.02 Å². The number of aliphatic hydroxyl groups is 1. The van der Waals surface area contributed by atoms with E-state index in [0.717, 1.165) is 0 Å². The largest absolute Gasteiger partial charge is 0.495 e. The molecule has 0 aromatic heterocycles. The molecule has 0 atom stereocenters. The van der Waals surface area contributed by atoms with E-state index in [1.54, 1.807) is 18.2 Å². The lowest BCUT2D eigenvalue weighted by atomic mass is 10.2. The summed E-state index contributed by atoms with van der Waals surface area (Å²) in [7, 11) is 1.54. The molecule has 0 radical (unpaired) electrons. The molecule has 1 aromatic rings. The first kappa shape index (κ1) is 13.8. The van der Waals surface area contributed by atoms with Gasteiger partial charge in [-0.3, -0.25) is 4.79 Å². The van der Waals surface area contributed by atoms with Crippen molar-refractivity contribution in [1.82, 2.24) is 0 Å². The van der Waals surface area contributed by atoms with E-state index in [1.165, 1.54) is 7.11 Å². The third-order valence-electron chi connectivity index (χ3n) is 2.25. The highest BCUT2D eigenvalue weighted by molar-refractivity contribution is 6.32. The Hall–Kier alpha value is -1.26. The van der Waals surface area contributed by atoms with Crippen LogP contribution in [-0.4, -0.2) is 24.7 Å². The molecule has 0 spiro atoms. The van der Waals surface area contributed by atoms with Gasteiger partial charge >= 0.3 is 0 Å². The molecule has 0 heterocycles. The molecule has 4 nitrogen and oxygen atoms in total. The molecule has 17 heavy (non-hydrogen) atoms. The van der Waals surface area contributed by atoms with Crippen molar-refractivity contribution in [2.24, 2.45) is 0 Å². The van der Waals surface area contributed by atoms with Crippen molar-refractivity contribution in [3.63, 3.8) is 0 Å². The van der Waals surface area contributed by atoms with Gasteiger partial charge < -0.3 is 15.2 Å². The van der Waals surface area contributed by atoms with Crippen LogP contribution in [0.1, 0.15) is 19.3 Å². The fourth-order valence-electron chi connectivity index (χ4n) is 1.36. The van der Waals surface area contributed by atoms with E-state index in [4.69, 9.17) is 21.4 Å². The second-order valence-electron chi connectivity index (χ2n) is 3.58. The van der Waals surface area contributed by atoms with Crippen LogP contribution < -0.4 is 10.1 Å². The molecule has 0 fully saturated rings. The van der Waals surface area contributed by atoms with Gasteiger partial charge in [-0.1, -0.05) is 11.6 Å². The first-order valence-corrected chi connectivity index (χ1v) is 5.79. The molecule has 0 saturated carbocycles. The maximum Gasteiger partial charge on any atom is 0.224 e. The molecule has 0 aliphatic rings. The second kappa shape index (κ2) is 7.14. The quantitative estimate of drug-likeness (QED) is 0.770. The molecule has 1 amide bonds. The standard InChI is InChI=1S/C12H16ClNO3/c1-17-11-6-5-9(8-10(11)13)14-12(16)4-2-3-7-15/h5-6,8,15H,2-4,7H2,1H3,(H,14,16).